The highest BCUT2D eigenvalue weighted by molar-refractivity contribution is 4.99. The van der Waals surface area contributed by atoms with E-state index in [2.05, 4.69) is 57.0 Å². The normalized spacial score (nSPS) is 24.3. The van der Waals surface area contributed by atoms with E-state index in [0.717, 1.165) is 11.7 Å². The van der Waals surface area contributed by atoms with Crippen LogP contribution in [-0.4, -0.2) is 15.7 Å². The number of aromatic nitrogens is 2. The predicted octanol–water partition coefficient (Wildman–Crippen LogP) is 4.28. The molecule has 1 fully saturated rings. The Balaban J connectivity index is 1.88. The van der Waals surface area contributed by atoms with Gasteiger partial charge in [0.25, 0.3) is 0 Å². The Hall–Kier alpha value is -0.900. The fourth-order valence-corrected chi connectivity index (χ4v) is 3.06. The summed E-state index contributed by atoms with van der Waals surface area (Å²) in [4.78, 5) is 4.58. The molecule has 0 aromatic carbocycles. The van der Waals surface area contributed by atoms with Gasteiger partial charge in [0.15, 0.2) is 5.82 Å². The van der Waals surface area contributed by atoms with Crippen LogP contribution in [-0.2, 0) is 6.54 Å². The summed E-state index contributed by atoms with van der Waals surface area (Å²) in [6.07, 6.45) is 4.93. The number of hydrogen-bond acceptors (Lipinski definition) is 4. The second-order valence-electron chi connectivity index (χ2n) is 8.56. The minimum atomic E-state index is 0.0689. The summed E-state index contributed by atoms with van der Waals surface area (Å²) >= 11 is 0. The molecule has 0 saturated heterocycles. The molecule has 0 aliphatic heterocycles. The van der Waals surface area contributed by atoms with Crippen LogP contribution in [0.15, 0.2) is 4.52 Å². The molecule has 0 spiro atoms. The van der Waals surface area contributed by atoms with E-state index in [-0.39, 0.29) is 5.54 Å². The lowest BCUT2D eigenvalue weighted by atomic mass is 9.70. The van der Waals surface area contributed by atoms with Crippen LogP contribution in [0, 0.1) is 11.3 Å². The summed E-state index contributed by atoms with van der Waals surface area (Å²) in [6.45, 7) is 14.1. The number of hydrogen-bond donors (Lipinski definition) is 1. The molecular weight excluding hydrogens is 262 g/mol. The van der Waals surface area contributed by atoms with Crippen molar-refractivity contribution in [3.05, 3.63) is 11.7 Å². The van der Waals surface area contributed by atoms with Crippen LogP contribution < -0.4 is 5.32 Å². The summed E-state index contributed by atoms with van der Waals surface area (Å²) in [6, 6.07) is 0. The van der Waals surface area contributed by atoms with Gasteiger partial charge in [-0.15, -0.1) is 0 Å². The largest absolute Gasteiger partial charge is 0.338 e. The molecular formula is C17H31N3O. The van der Waals surface area contributed by atoms with Gasteiger partial charge in [0.05, 0.1) is 6.54 Å². The average Bonchev–Trinajstić information content (AvgIpc) is 2.83. The van der Waals surface area contributed by atoms with Gasteiger partial charge in [-0.2, -0.15) is 4.98 Å². The number of rotatable bonds is 3. The molecule has 1 saturated carbocycles. The van der Waals surface area contributed by atoms with Crippen molar-refractivity contribution in [2.45, 2.75) is 85.2 Å². The molecule has 1 aromatic rings. The van der Waals surface area contributed by atoms with Crippen molar-refractivity contribution in [2.75, 3.05) is 0 Å². The first-order valence-corrected chi connectivity index (χ1v) is 8.22. The molecule has 0 bridgehead atoms. The third-order valence-electron chi connectivity index (χ3n) is 4.57. The SMILES string of the molecule is CC(C)(C)NCc1nc(C2CCC(C(C)(C)C)CC2)no1. The average molecular weight is 293 g/mol. The lowest BCUT2D eigenvalue weighted by Crippen LogP contribution is -2.35. The van der Waals surface area contributed by atoms with Gasteiger partial charge >= 0.3 is 0 Å². The molecule has 0 radical (unpaired) electrons. The van der Waals surface area contributed by atoms with Crippen molar-refractivity contribution < 1.29 is 4.52 Å². The van der Waals surface area contributed by atoms with Crippen LogP contribution in [0.1, 0.15) is 84.9 Å². The van der Waals surface area contributed by atoms with E-state index in [1.807, 2.05) is 0 Å². The smallest absolute Gasteiger partial charge is 0.240 e. The zero-order chi connectivity index (χ0) is 15.7. The second kappa shape index (κ2) is 6.07. The van der Waals surface area contributed by atoms with Gasteiger partial charge in [-0.25, -0.2) is 0 Å². The van der Waals surface area contributed by atoms with E-state index in [1.54, 1.807) is 0 Å². The Morgan fingerprint density at radius 1 is 1.05 bits per heavy atom. The summed E-state index contributed by atoms with van der Waals surface area (Å²) in [7, 11) is 0. The van der Waals surface area contributed by atoms with E-state index in [9.17, 15) is 0 Å². The third-order valence-corrected chi connectivity index (χ3v) is 4.57. The highest BCUT2D eigenvalue weighted by Gasteiger charge is 2.32. The van der Waals surface area contributed by atoms with Crippen LogP contribution in [0.5, 0.6) is 0 Å². The predicted molar refractivity (Wildman–Crippen MR) is 85.0 cm³/mol. The summed E-state index contributed by atoms with van der Waals surface area (Å²) in [5.41, 5.74) is 0.489. The van der Waals surface area contributed by atoms with Crippen LogP contribution in [0.2, 0.25) is 0 Å². The highest BCUT2D eigenvalue weighted by atomic mass is 16.5. The van der Waals surface area contributed by atoms with Crippen molar-refractivity contribution in [3.63, 3.8) is 0 Å². The molecule has 0 unspecified atom stereocenters. The molecule has 1 aromatic heterocycles. The Kier molecular flexibility index (Phi) is 4.76. The van der Waals surface area contributed by atoms with Crippen LogP contribution in [0.25, 0.3) is 0 Å². The quantitative estimate of drug-likeness (QED) is 0.903. The van der Waals surface area contributed by atoms with Gasteiger partial charge in [-0.05, 0) is 57.8 Å². The maximum atomic E-state index is 5.38. The first kappa shape index (κ1) is 16.5. The zero-order valence-corrected chi connectivity index (χ0v) is 14.5. The second-order valence-corrected chi connectivity index (χ2v) is 8.56. The summed E-state index contributed by atoms with van der Waals surface area (Å²) < 4.78 is 5.38. The lowest BCUT2D eigenvalue weighted by molar-refractivity contribution is 0.166. The van der Waals surface area contributed by atoms with Crippen molar-refractivity contribution in [3.8, 4) is 0 Å². The minimum Gasteiger partial charge on any atom is -0.338 e. The van der Waals surface area contributed by atoms with Crippen molar-refractivity contribution in [1.29, 1.82) is 0 Å². The first-order valence-electron chi connectivity index (χ1n) is 8.22. The van der Waals surface area contributed by atoms with Crippen LogP contribution >= 0.6 is 0 Å². The van der Waals surface area contributed by atoms with Gasteiger partial charge in [0.2, 0.25) is 5.89 Å². The maximum Gasteiger partial charge on any atom is 0.240 e. The van der Waals surface area contributed by atoms with Crippen molar-refractivity contribution in [1.82, 2.24) is 15.5 Å². The van der Waals surface area contributed by atoms with Crippen LogP contribution in [0.4, 0.5) is 0 Å². The molecule has 1 heterocycles. The van der Waals surface area contributed by atoms with E-state index < -0.39 is 0 Å². The topological polar surface area (TPSA) is 51.0 Å². The molecule has 1 N–H and O–H groups in total. The van der Waals surface area contributed by atoms with E-state index in [4.69, 9.17) is 4.52 Å². The molecule has 1 aliphatic rings. The zero-order valence-electron chi connectivity index (χ0n) is 14.5. The lowest BCUT2D eigenvalue weighted by Gasteiger charge is -2.36. The van der Waals surface area contributed by atoms with E-state index >= 15 is 0 Å². The monoisotopic (exact) mass is 293 g/mol. The summed E-state index contributed by atoms with van der Waals surface area (Å²) in [5.74, 6) is 2.92. The maximum absolute atomic E-state index is 5.38. The fraction of sp³-hybridized carbons (Fsp3) is 0.882. The van der Waals surface area contributed by atoms with Gasteiger partial charge < -0.3 is 9.84 Å². The first-order chi connectivity index (χ1) is 9.65. The van der Waals surface area contributed by atoms with Gasteiger partial charge in [-0.1, -0.05) is 25.9 Å². The molecule has 4 heteroatoms. The third kappa shape index (κ3) is 4.80. The minimum absolute atomic E-state index is 0.0689. The highest BCUT2D eigenvalue weighted by Crippen LogP contribution is 2.42. The number of nitrogens with zero attached hydrogens (tertiary/aromatic N) is 2. The molecule has 21 heavy (non-hydrogen) atoms. The Labute approximate surface area is 129 Å². The van der Waals surface area contributed by atoms with Gasteiger partial charge in [0, 0.05) is 11.5 Å². The molecule has 120 valence electrons. The van der Waals surface area contributed by atoms with Crippen molar-refractivity contribution in [2.24, 2.45) is 11.3 Å². The Morgan fingerprint density at radius 2 is 1.67 bits per heavy atom. The molecule has 0 atom stereocenters. The van der Waals surface area contributed by atoms with Crippen LogP contribution in [0.3, 0.4) is 0 Å². The molecule has 1 aliphatic carbocycles. The van der Waals surface area contributed by atoms with Crippen molar-refractivity contribution >= 4 is 0 Å². The molecule has 4 nitrogen and oxygen atoms in total. The Morgan fingerprint density at radius 3 is 2.19 bits per heavy atom. The van der Waals surface area contributed by atoms with E-state index in [1.165, 1.54) is 25.7 Å². The molecule has 2 rings (SSSR count). The number of nitrogens with one attached hydrogen (secondary N) is 1. The fourth-order valence-electron chi connectivity index (χ4n) is 3.06. The standard InChI is InChI=1S/C17H31N3O/c1-16(2,3)13-9-7-12(8-10-13)15-19-14(21-20-15)11-18-17(4,5)6/h12-13,18H,7-11H2,1-6H3. The summed E-state index contributed by atoms with van der Waals surface area (Å²) in [5, 5.41) is 7.59. The Bertz CT molecular complexity index is 445. The molecule has 0 amide bonds. The van der Waals surface area contributed by atoms with Gasteiger partial charge in [-0.3, -0.25) is 0 Å². The van der Waals surface area contributed by atoms with Gasteiger partial charge in [0.1, 0.15) is 0 Å². The van der Waals surface area contributed by atoms with E-state index in [0.29, 0.717) is 23.8 Å².